The number of cyclic esters (lactones) is 1. The summed E-state index contributed by atoms with van der Waals surface area (Å²) >= 11 is 0. The molecule has 1 aromatic carbocycles. The molecule has 5 N–H and O–H groups in total. The van der Waals surface area contributed by atoms with Crippen molar-refractivity contribution in [2.45, 2.75) is 204 Å². The Hall–Kier alpha value is -3.29. The molecule has 432 valence electrons. The zero-order valence-electron chi connectivity index (χ0n) is 47.8. The van der Waals surface area contributed by atoms with Crippen molar-refractivity contribution in [2.75, 3.05) is 68.2 Å². The lowest BCUT2D eigenvalue weighted by molar-refractivity contribution is -0.318. The number of aliphatic hydroxyl groups is 5. The summed E-state index contributed by atoms with van der Waals surface area (Å²) in [5, 5.41) is 68.7. The van der Waals surface area contributed by atoms with Crippen molar-refractivity contribution in [3.05, 3.63) is 47.3 Å². The summed E-state index contributed by atoms with van der Waals surface area (Å²) in [4.78, 5) is 25.2. The van der Waals surface area contributed by atoms with Crippen molar-refractivity contribution in [1.82, 2.24) is 29.7 Å². The minimum absolute atomic E-state index is 0.0851. The van der Waals surface area contributed by atoms with E-state index in [0.29, 0.717) is 31.6 Å². The number of nitrogens with zero attached hydrogens (tertiary/aromatic N) is 7. The smallest absolute Gasteiger partial charge is 0.311 e. The number of carbonyl (C=O) groups excluding carboxylic acids is 1. The molecule has 3 saturated heterocycles. The molecule has 2 aromatic rings. The van der Waals surface area contributed by atoms with E-state index in [1.807, 2.05) is 69.1 Å². The molecule has 0 bridgehead atoms. The first-order valence-electron chi connectivity index (χ1n) is 27.3. The molecule has 21 heteroatoms. The molecule has 1 aromatic heterocycles. The fourth-order valence-electron chi connectivity index (χ4n) is 12.2. The quantitative estimate of drug-likeness (QED) is 0.151. The number of ether oxygens (including phenoxy) is 7. The maximum Gasteiger partial charge on any atom is 0.311 e. The van der Waals surface area contributed by atoms with Crippen LogP contribution in [0.1, 0.15) is 124 Å². The summed E-state index contributed by atoms with van der Waals surface area (Å²) in [5.74, 6) is -1.95. The number of rotatable bonds is 16. The first-order valence-corrected chi connectivity index (χ1v) is 27.3. The molecule has 3 fully saturated rings. The van der Waals surface area contributed by atoms with Crippen molar-refractivity contribution in [3.8, 4) is 0 Å². The number of methoxy groups -OCH3 is 2. The van der Waals surface area contributed by atoms with Gasteiger partial charge in [0.05, 0.1) is 53.8 Å². The van der Waals surface area contributed by atoms with Crippen molar-refractivity contribution in [3.63, 3.8) is 0 Å². The number of halogens is 1. The van der Waals surface area contributed by atoms with Crippen molar-refractivity contribution in [2.24, 2.45) is 22.7 Å². The SMILES string of the molecule is CC[C@H]1OC(=O)[C@H](C)[C@@H](O[C@H]2C[C@@](C)(OC)[C@@H](O)[C@H](C)O2)[C@H](C)[C@@H](O[C@@H]2O[C@H](C)C[C@H](N(C)CCc3cn([C@H](CF)[C@H](OC)c4ccc(C5=NCCN5C)cc4)nn3)[C@H]2O)[C@](C)(O)C[C@@H](C)CN(C)[C@H](C)[C@@H](O)[C@]1(C)O. The Labute approximate surface area is 450 Å². The molecule has 20 atom stereocenters. The van der Waals surface area contributed by atoms with Gasteiger partial charge in [0.1, 0.15) is 54.7 Å². The third-order valence-corrected chi connectivity index (χ3v) is 17.0. The summed E-state index contributed by atoms with van der Waals surface area (Å²) in [7, 11) is 8.78. The topological polar surface area (TPSA) is 236 Å². The minimum atomic E-state index is -1.85. The Morgan fingerprint density at radius 1 is 0.961 bits per heavy atom. The van der Waals surface area contributed by atoms with Crippen LogP contribution in [0.4, 0.5) is 4.39 Å². The van der Waals surface area contributed by atoms with Crippen molar-refractivity contribution >= 4 is 11.8 Å². The Bertz CT molecular complexity index is 2190. The van der Waals surface area contributed by atoms with Crippen LogP contribution in [0.3, 0.4) is 0 Å². The molecule has 4 aliphatic heterocycles. The van der Waals surface area contributed by atoms with E-state index in [-0.39, 0.29) is 25.2 Å². The molecule has 0 aliphatic carbocycles. The molecule has 20 nitrogen and oxygen atoms in total. The lowest BCUT2D eigenvalue weighted by Gasteiger charge is -2.49. The maximum atomic E-state index is 14.9. The number of hydrogen-bond acceptors (Lipinski definition) is 19. The van der Waals surface area contributed by atoms with E-state index in [1.54, 1.807) is 61.8 Å². The zero-order valence-corrected chi connectivity index (χ0v) is 47.8. The number of likely N-dealkylation sites (N-methyl/N-ethyl adjacent to an activating group) is 3. The second-order valence-electron chi connectivity index (χ2n) is 23.2. The number of hydrogen-bond donors (Lipinski definition) is 5. The second-order valence-corrected chi connectivity index (χ2v) is 23.2. The zero-order chi connectivity index (χ0) is 56.2. The number of benzene rings is 1. The minimum Gasteiger partial charge on any atom is -0.459 e. The molecule has 0 spiro atoms. The number of aliphatic hydroxyl groups excluding tert-OH is 3. The van der Waals surface area contributed by atoms with Crippen LogP contribution in [0.2, 0.25) is 0 Å². The van der Waals surface area contributed by atoms with Crippen molar-refractivity contribution in [1.29, 1.82) is 0 Å². The third kappa shape index (κ3) is 13.8. The molecule has 6 rings (SSSR count). The lowest BCUT2D eigenvalue weighted by Crippen LogP contribution is -2.61. The number of amidine groups is 1. The Kier molecular flexibility index (Phi) is 21.1. The molecular formula is C55H92FN7O13. The lowest BCUT2D eigenvalue weighted by atomic mass is 9.77. The van der Waals surface area contributed by atoms with E-state index in [9.17, 15) is 34.7 Å². The summed E-state index contributed by atoms with van der Waals surface area (Å²) in [6.07, 6.45) is -7.94. The van der Waals surface area contributed by atoms with Crippen LogP contribution in [0, 0.1) is 17.8 Å². The summed E-state index contributed by atoms with van der Waals surface area (Å²) in [6, 6.07) is 5.94. The summed E-state index contributed by atoms with van der Waals surface area (Å²) in [6.45, 7) is 19.1. The number of alkyl halides is 1. The van der Waals surface area contributed by atoms with E-state index >= 15 is 0 Å². The average Bonchev–Trinajstić information content (AvgIpc) is 4.04. The van der Waals surface area contributed by atoms with Crippen LogP contribution < -0.4 is 0 Å². The highest BCUT2D eigenvalue weighted by Gasteiger charge is 2.53. The van der Waals surface area contributed by atoms with Gasteiger partial charge in [-0.1, -0.05) is 50.3 Å². The highest BCUT2D eigenvalue weighted by atomic mass is 19.1. The first-order chi connectivity index (χ1) is 35.7. The van der Waals surface area contributed by atoms with E-state index in [0.717, 1.165) is 30.1 Å². The van der Waals surface area contributed by atoms with Gasteiger partial charge in [-0.15, -0.1) is 5.10 Å². The van der Waals surface area contributed by atoms with Crippen LogP contribution in [0.5, 0.6) is 0 Å². The number of aliphatic imine (C=N–C) groups is 1. The van der Waals surface area contributed by atoms with E-state index in [1.165, 1.54) is 18.7 Å². The standard InChI is InChI=1S/C55H92FN7O13/c1-16-42-55(10,69)47(65)35(6)62(13)29-31(2)26-53(8,68)49(33(4)45(34(5)51(67)74-42)75-43-27-54(9,71-15)48(66)36(7)73-43)76-52-44(64)40(25-32(3)72-52)60(11)23-21-39-30-63(59-58-39)41(28-56)46(70-14)37-17-19-38(20-18-37)50-57-22-24-61(50)12/h17-20,30-36,40-49,52,64-66,68-69H,16,21-29H2,1-15H3/t31-,32-,33+,34-,35-,36+,40+,41-,42-,43+,44-,45+,46-,47-,48+,49-,52+,53-,54-,55-/m1/s1. The normalized spacial score (nSPS) is 39.6. The predicted octanol–water partition coefficient (Wildman–Crippen LogP) is 3.70. The first kappa shape index (κ1) is 61.9. The van der Waals surface area contributed by atoms with Crippen LogP contribution in [-0.2, 0) is 44.4 Å². The van der Waals surface area contributed by atoms with Crippen LogP contribution in [0.25, 0.3) is 0 Å². The number of aromatic nitrogens is 3. The van der Waals surface area contributed by atoms with Gasteiger partial charge in [-0.3, -0.25) is 9.79 Å². The van der Waals surface area contributed by atoms with Crippen molar-refractivity contribution < 1.29 is 67.9 Å². The van der Waals surface area contributed by atoms with Gasteiger partial charge in [0.15, 0.2) is 12.6 Å². The summed E-state index contributed by atoms with van der Waals surface area (Å²) < 4.78 is 60.7. The van der Waals surface area contributed by atoms with Gasteiger partial charge >= 0.3 is 5.97 Å². The van der Waals surface area contributed by atoms with Gasteiger partial charge in [-0.2, -0.15) is 0 Å². The fraction of sp³-hybridized carbons (Fsp3) is 0.818. The average molecular weight is 1080 g/mol. The van der Waals surface area contributed by atoms with Gasteiger partial charge in [0, 0.05) is 83.5 Å². The molecule has 0 amide bonds. The van der Waals surface area contributed by atoms with Gasteiger partial charge < -0.3 is 73.4 Å². The molecule has 0 radical (unpaired) electrons. The van der Waals surface area contributed by atoms with Gasteiger partial charge in [-0.05, 0) is 93.3 Å². The maximum absolute atomic E-state index is 14.9. The molecular weight excluding hydrogens is 986 g/mol. The highest BCUT2D eigenvalue weighted by molar-refractivity contribution is 5.99. The second kappa shape index (κ2) is 25.9. The van der Waals surface area contributed by atoms with E-state index in [4.69, 9.17) is 33.2 Å². The predicted molar refractivity (Wildman–Crippen MR) is 282 cm³/mol. The van der Waals surface area contributed by atoms with E-state index in [2.05, 4.69) is 20.2 Å². The Morgan fingerprint density at radius 3 is 2.25 bits per heavy atom. The molecule has 0 unspecified atom stereocenters. The fourth-order valence-corrected chi connectivity index (χ4v) is 12.2. The number of carbonyl (C=O) groups is 1. The molecule has 76 heavy (non-hydrogen) atoms. The third-order valence-electron chi connectivity index (χ3n) is 17.0. The van der Waals surface area contributed by atoms with Gasteiger partial charge in [-0.25, -0.2) is 9.07 Å². The summed E-state index contributed by atoms with van der Waals surface area (Å²) in [5.41, 5.74) is -2.20. The van der Waals surface area contributed by atoms with Crippen LogP contribution in [-0.4, -0.2) is 226 Å². The van der Waals surface area contributed by atoms with E-state index < -0.39 is 127 Å². The molecule has 0 saturated carbocycles. The Balaban J connectivity index is 1.25. The molecule has 4 aliphatic rings. The van der Waals surface area contributed by atoms with Gasteiger partial charge in [0.2, 0.25) is 0 Å². The monoisotopic (exact) mass is 1080 g/mol. The number of esters is 1. The van der Waals surface area contributed by atoms with Crippen LogP contribution >= 0.6 is 0 Å². The molecule has 5 heterocycles. The highest BCUT2D eigenvalue weighted by Crippen LogP contribution is 2.41. The van der Waals surface area contributed by atoms with Gasteiger partial charge in [0.25, 0.3) is 0 Å². The van der Waals surface area contributed by atoms with Crippen LogP contribution in [0.15, 0.2) is 35.5 Å². The Morgan fingerprint density at radius 2 is 1.64 bits per heavy atom. The largest absolute Gasteiger partial charge is 0.459 e.